The van der Waals surface area contributed by atoms with Gasteiger partial charge in [0.15, 0.2) is 0 Å². The summed E-state index contributed by atoms with van der Waals surface area (Å²) in [5, 5.41) is 4.62. The Morgan fingerprint density at radius 3 is 2.32 bits per heavy atom. The van der Waals surface area contributed by atoms with E-state index in [1.165, 1.54) is 15.2 Å². The molecule has 0 saturated carbocycles. The second kappa shape index (κ2) is 7.06. The Kier molecular flexibility index (Phi) is 4.84. The highest BCUT2D eigenvalue weighted by molar-refractivity contribution is 7.89. The summed E-state index contributed by atoms with van der Waals surface area (Å²) >= 11 is 5.93. The summed E-state index contributed by atoms with van der Waals surface area (Å²) in [5.41, 5.74) is 1.15. The molecule has 1 aromatic carbocycles. The molecular weight excluding hydrogens is 402 g/mol. The van der Waals surface area contributed by atoms with Crippen LogP contribution in [0, 0.1) is 0 Å². The minimum absolute atomic E-state index is 0.145. The smallest absolute Gasteiger partial charge is 0.263 e. The van der Waals surface area contributed by atoms with Crippen LogP contribution in [-0.2, 0) is 17.1 Å². The maximum atomic E-state index is 13.2. The molecule has 2 aliphatic rings. The zero-order valence-corrected chi connectivity index (χ0v) is 17.3. The zero-order chi connectivity index (χ0) is 20.1. The van der Waals surface area contributed by atoms with Crippen LogP contribution < -0.4 is 4.90 Å². The van der Waals surface area contributed by atoms with Gasteiger partial charge in [0.25, 0.3) is 15.9 Å². The van der Waals surface area contributed by atoms with E-state index in [1.54, 1.807) is 11.9 Å². The third-order valence-corrected chi connectivity index (χ3v) is 7.25. The molecule has 4 rings (SSSR count). The van der Waals surface area contributed by atoms with Crippen molar-refractivity contribution in [2.75, 3.05) is 37.6 Å². The van der Waals surface area contributed by atoms with Gasteiger partial charge in [-0.2, -0.15) is 9.40 Å². The number of hydrogen-bond donors (Lipinski definition) is 0. The highest BCUT2D eigenvalue weighted by Gasteiger charge is 2.40. The monoisotopic (exact) mass is 423 g/mol. The molecule has 0 N–H and O–H groups in total. The number of amides is 1. The zero-order valence-electron chi connectivity index (χ0n) is 15.7. The number of anilines is 1. The fourth-order valence-electron chi connectivity index (χ4n) is 3.44. The highest BCUT2D eigenvalue weighted by Crippen LogP contribution is 2.27. The van der Waals surface area contributed by atoms with Crippen molar-refractivity contribution in [1.29, 1.82) is 0 Å². The molecule has 2 saturated heterocycles. The number of sulfonamides is 1. The highest BCUT2D eigenvalue weighted by atomic mass is 35.5. The fourth-order valence-corrected chi connectivity index (χ4v) is 5.11. The van der Waals surface area contributed by atoms with E-state index >= 15 is 0 Å². The first-order chi connectivity index (χ1) is 13.3. The van der Waals surface area contributed by atoms with E-state index in [4.69, 9.17) is 11.6 Å². The van der Waals surface area contributed by atoms with Gasteiger partial charge in [-0.05, 0) is 31.2 Å². The quantitative estimate of drug-likeness (QED) is 0.695. The van der Waals surface area contributed by atoms with Gasteiger partial charge in [0, 0.05) is 62.7 Å². The topological polar surface area (TPSA) is 78.5 Å². The number of piperazine rings is 1. The van der Waals surface area contributed by atoms with Crippen molar-refractivity contribution >= 4 is 33.2 Å². The van der Waals surface area contributed by atoms with Crippen molar-refractivity contribution in [3.05, 3.63) is 41.0 Å². The number of aryl methyl sites for hydroxylation is 1. The molecule has 0 spiro atoms. The van der Waals surface area contributed by atoms with Crippen molar-refractivity contribution in [3.8, 4) is 0 Å². The predicted molar refractivity (Wildman–Crippen MR) is 106 cm³/mol. The first-order valence-corrected chi connectivity index (χ1v) is 10.9. The van der Waals surface area contributed by atoms with Gasteiger partial charge in [-0.1, -0.05) is 11.6 Å². The first kappa shape index (κ1) is 19.2. The van der Waals surface area contributed by atoms with E-state index in [0.29, 0.717) is 37.7 Å². The van der Waals surface area contributed by atoms with Gasteiger partial charge in [-0.15, -0.1) is 0 Å². The van der Waals surface area contributed by atoms with E-state index in [2.05, 4.69) is 10.00 Å². The molecule has 8 nitrogen and oxygen atoms in total. The van der Waals surface area contributed by atoms with E-state index in [9.17, 15) is 13.2 Å². The average Bonchev–Trinajstić information content (AvgIpc) is 3.27. The van der Waals surface area contributed by atoms with Gasteiger partial charge in [0.2, 0.25) is 5.03 Å². The molecule has 150 valence electrons. The number of carbonyl (C=O) groups is 1. The van der Waals surface area contributed by atoms with E-state index < -0.39 is 10.0 Å². The molecule has 2 aliphatic heterocycles. The number of carbonyl (C=O) groups excluding carboxylic acids is 1. The van der Waals surface area contributed by atoms with Crippen molar-refractivity contribution in [2.45, 2.75) is 18.0 Å². The van der Waals surface area contributed by atoms with Gasteiger partial charge < -0.3 is 9.80 Å². The second-order valence-corrected chi connectivity index (χ2v) is 9.49. The lowest BCUT2D eigenvalue weighted by Gasteiger charge is -2.35. The average molecular weight is 424 g/mol. The van der Waals surface area contributed by atoms with Crippen LogP contribution in [0.5, 0.6) is 0 Å². The Morgan fingerprint density at radius 2 is 1.75 bits per heavy atom. The first-order valence-electron chi connectivity index (χ1n) is 9.12. The largest absolute Gasteiger partial charge is 0.369 e. The van der Waals surface area contributed by atoms with E-state index in [1.807, 2.05) is 31.2 Å². The Balaban J connectivity index is 1.52. The van der Waals surface area contributed by atoms with Crippen LogP contribution in [-0.4, -0.2) is 72.1 Å². The van der Waals surface area contributed by atoms with Crippen molar-refractivity contribution in [3.63, 3.8) is 0 Å². The Hall–Kier alpha value is -2.10. The van der Waals surface area contributed by atoms with Gasteiger partial charge in [0.05, 0.1) is 5.56 Å². The second-order valence-electron chi connectivity index (χ2n) is 7.20. The minimum Gasteiger partial charge on any atom is -0.369 e. The Bertz CT molecular complexity index is 997. The molecule has 0 bridgehead atoms. The molecule has 28 heavy (non-hydrogen) atoms. The number of aromatic nitrogens is 2. The molecular formula is C18H22ClN5O3S. The maximum absolute atomic E-state index is 13.2. The summed E-state index contributed by atoms with van der Waals surface area (Å²) in [5.74, 6) is -0.279. The van der Waals surface area contributed by atoms with Crippen LogP contribution in [0.15, 0.2) is 35.5 Å². The number of rotatable bonds is 4. The Labute approximate surface area is 169 Å². The number of hydrogen-bond acceptors (Lipinski definition) is 5. The molecule has 0 radical (unpaired) electrons. The number of halogens is 1. The molecule has 10 heteroatoms. The van der Waals surface area contributed by atoms with Crippen LogP contribution in [0.3, 0.4) is 0 Å². The molecule has 0 unspecified atom stereocenters. The maximum Gasteiger partial charge on any atom is 0.263 e. The molecule has 0 aliphatic carbocycles. The molecule has 2 fully saturated rings. The SMILES string of the molecule is C[C@H]1CN1C(=O)c1cn(C)nc1S(=O)(=O)N1CCN(c2ccc(Cl)cc2)CC1. The van der Waals surface area contributed by atoms with Gasteiger partial charge in [-0.3, -0.25) is 9.48 Å². The summed E-state index contributed by atoms with van der Waals surface area (Å²) in [7, 11) is -2.22. The normalized spacial score (nSPS) is 20.5. The van der Waals surface area contributed by atoms with Crippen molar-refractivity contribution in [1.82, 2.24) is 19.0 Å². The van der Waals surface area contributed by atoms with Crippen LogP contribution >= 0.6 is 11.6 Å². The van der Waals surface area contributed by atoms with Gasteiger partial charge >= 0.3 is 0 Å². The summed E-state index contributed by atoms with van der Waals surface area (Å²) in [6.07, 6.45) is 1.49. The molecule has 1 aromatic heterocycles. The van der Waals surface area contributed by atoms with Crippen molar-refractivity contribution < 1.29 is 13.2 Å². The number of benzene rings is 1. The lowest BCUT2D eigenvalue weighted by Crippen LogP contribution is -2.49. The van der Waals surface area contributed by atoms with Crippen LogP contribution in [0.1, 0.15) is 17.3 Å². The van der Waals surface area contributed by atoms with Crippen LogP contribution in [0.2, 0.25) is 5.02 Å². The summed E-state index contributed by atoms with van der Waals surface area (Å²) in [6, 6.07) is 7.63. The lowest BCUT2D eigenvalue weighted by molar-refractivity contribution is 0.0872. The fraction of sp³-hybridized carbons (Fsp3) is 0.444. The van der Waals surface area contributed by atoms with Crippen LogP contribution in [0.25, 0.3) is 0 Å². The number of nitrogens with zero attached hydrogens (tertiary/aromatic N) is 5. The molecule has 2 aromatic rings. The molecule has 1 amide bonds. The summed E-state index contributed by atoms with van der Waals surface area (Å²) in [6.45, 7) is 4.34. The van der Waals surface area contributed by atoms with Gasteiger partial charge in [-0.25, -0.2) is 8.42 Å². The van der Waals surface area contributed by atoms with Gasteiger partial charge in [0.1, 0.15) is 0 Å². The third-order valence-electron chi connectivity index (χ3n) is 5.16. The molecule has 3 heterocycles. The van der Waals surface area contributed by atoms with E-state index in [-0.39, 0.29) is 22.5 Å². The lowest BCUT2D eigenvalue weighted by atomic mass is 10.2. The minimum atomic E-state index is -3.85. The van der Waals surface area contributed by atoms with E-state index in [0.717, 1.165) is 5.69 Å². The summed E-state index contributed by atoms with van der Waals surface area (Å²) in [4.78, 5) is 16.4. The van der Waals surface area contributed by atoms with Crippen LogP contribution in [0.4, 0.5) is 5.69 Å². The molecule has 1 atom stereocenters. The predicted octanol–water partition coefficient (Wildman–Crippen LogP) is 1.43. The standard InChI is InChI=1S/C18H22ClN5O3S/c1-13-11-24(13)18(25)16-12-21(2)20-17(16)28(26,27)23-9-7-22(8-10-23)15-5-3-14(19)4-6-15/h3-6,12-13H,7-11H2,1-2H3/t13-,24?/m0/s1. The van der Waals surface area contributed by atoms with Crippen molar-refractivity contribution in [2.24, 2.45) is 7.05 Å². The third kappa shape index (κ3) is 3.49. The Morgan fingerprint density at radius 1 is 1.14 bits per heavy atom. The summed E-state index contributed by atoms with van der Waals surface area (Å²) < 4.78 is 29.2.